The highest BCUT2D eigenvalue weighted by Gasteiger charge is 2.55. The Balaban J connectivity index is 2.10. The Morgan fingerprint density at radius 2 is 2.07 bits per heavy atom. The molecule has 15 heavy (non-hydrogen) atoms. The number of nitrogens with two attached hydrogens (primary N) is 1. The van der Waals surface area contributed by atoms with Crippen LogP contribution in [0.3, 0.4) is 0 Å². The Morgan fingerprint density at radius 1 is 1.40 bits per heavy atom. The fraction of sp³-hybridized carbons (Fsp3) is 0.636. The van der Waals surface area contributed by atoms with Crippen molar-refractivity contribution in [2.45, 2.75) is 44.1 Å². The van der Waals surface area contributed by atoms with Crippen LogP contribution in [0.5, 0.6) is 0 Å². The molecule has 1 aromatic rings. The van der Waals surface area contributed by atoms with Crippen molar-refractivity contribution in [3.05, 3.63) is 21.9 Å². The average Bonchev–Trinajstić information content (AvgIpc) is 2.50. The Morgan fingerprint density at radius 3 is 2.60 bits per heavy atom. The second-order valence-electron chi connectivity index (χ2n) is 4.38. The average molecular weight is 231 g/mol. The molecule has 1 nitrogen and oxygen atoms in total. The number of thiophene rings is 1. The summed E-state index contributed by atoms with van der Waals surface area (Å²) in [5.41, 5.74) is 5.18. The Labute approximate surface area is 92.3 Å². The van der Waals surface area contributed by atoms with Gasteiger partial charge >= 0.3 is 0 Å². The van der Waals surface area contributed by atoms with Crippen molar-refractivity contribution in [3.63, 3.8) is 0 Å². The molecule has 2 rings (SSSR count). The predicted octanol–water partition coefficient (Wildman–Crippen LogP) is 3.28. The molecule has 0 saturated heterocycles. The first-order chi connectivity index (χ1) is 6.95. The number of rotatable bonds is 3. The Hall–Kier alpha value is -0.480. The highest BCUT2D eigenvalue weighted by Crippen LogP contribution is 2.51. The maximum absolute atomic E-state index is 12.8. The van der Waals surface area contributed by atoms with E-state index in [0.717, 1.165) is 17.7 Å². The lowest BCUT2D eigenvalue weighted by molar-refractivity contribution is -0.123. The number of hydrogen-bond donors (Lipinski definition) is 1. The lowest BCUT2D eigenvalue weighted by atomic mass is 9.73. The summed E-state index contributed by atoms with van der Waals surface area (Å²) in [6.45, 7) is 2.11. The molecule has 1 aliphatic carbocycles. The van der Waals surface area contributed by atoms with Gasteiger partial charge in [0.25, 0.3) is 5.92 Å². The molecule has 0 aromatic carbocycles. The Kier molecular flexibility index (Phi) is 2.59. The van der Waals surface area contributed by atoms with Gasteiger partial charge in [-0.25, -0.2) is 8.78 Å². The van der Waals surface area contributed by atoms with E-state index in [1.165, 1.54) is 4.88 Å². The molecule has 84 valence electrons. The van der Waals surface area contributed by atoms with E-state index < -0.39 is 11.5 Å². The monoisotopic (exact) mass is 231 g/mol. The van der Waals surface area contributed by atoms with Gasteiger partial charge in [-0.2, -0.15) is 0 Å². The van der Waals surface area contributed by atoms with Crippen LogP contribution in [0.4, 0.5) is 8.78 Å². The van der Waals surface area contributed by atoms with Gasteiger partial charge < -0.3 is 5.73 Å². The summed E-state index contributed by atoms with van der Waals surface area (Å²) in [7, 11) is 0. The highest BCUT2D eigenvalue weighted by molar-refractivity contribution is 7.12. The van der Waals surface area contributed by atoms with Gasteiger partial charge in [0.2, 0.25) is 0 Å². The van der Waals surface area contributed by atoms with Crippen LogP contribution in [-0.2, 0) is 12.0 Å². The van der Waals surface area contributed by atoms with Crippen molar-refractivity contribution in [1.29, 1.82) is 0 Å². The summed E-state index contributed by atoms with van der Waals surface area (Å²) >= 11 is 1.58. The first-order valence-corrected chi connectivity index (χ1v) is 6.03. The number of halogens is 2. The lowest BCUT2D eigenvalue weighted by Crippen LogP contribution is -2.55. The van der Waals surface area contributed by atoms with E-state index >= 15 is 0 Å². The quantitative estimate of drug-likeness (QED) is 0.848. The van der Waals surface area contributed by atoms with E-state index in [9.17, 15) is 8.78 Å². The van der Waals surface area contributed by atoms with Crippen LogP contribution in [0.2, 0.25) is 0 Å². The zero-order valence-corrected chi connectivity index (χ0v) is 9.54. The summed E-state index contributed by atoms with van der Waals surface area (Å²) in [5, 5.41) is 0. The van der Waals surface area contributed by atoms with Crippen LogP contribution in [-0.4, -0.2) is 5.92 Å². The molecule has 1 aromatic heterocycles. The molecule has 1 fully saturated rings. The maximum atomic E-state index is 12.8. The van der Waals surface area contributed by atoms with Gasteiger partial charge in [-0.1, -0.05) is 13.3 Å². The fourth-order valence-corrected chi connectivity index (χ4v) is 3.28. The van der Waals surface area contributed by atoms with Crippen molar-refractivity contribution < 1.29 is 8.78 Å². The van der Waals surface area contributed by atoms with Gasteiger partial charge in [0.05, 0.1) is 5.54 Å². The highest BCUT2D eigenvalue weighted by atomic mass is 32.1. The van der Waals surface area contributed by atoms with Gasteiger partial charge in [0, 0.05) is 22.6 Å². The molecule has 0 aliphatic heterocycles. The third-order valence-corrected chi connectivity index (χ3v) is 4.16. The third kappa shape index (κ3) is 2.06. The second-order valence-corrected chi connectivity index (χ2v) is 5.55. The zero-order chi connectivity index (χ0) is 11.1. The first kappa shape index (κ1) is 11.0. The van der Waals surface area contributed by atoms with Crippen LogP contribution in [0.25, 0.3) is 0 Å². The standard InChI is InChI=1S/C11H15F2NS/c1-2-3-8-4-5-9(15-8)10(14)6-11(12,13)7-10/h4-5H,2-3,6-7,14H2,1H3. The van der Waals surface area contributed by atoms with Gasteiger partial charge in [-0.05, 0) is 18.6 Å². The van der Waals surface area contributed by atoms with Crippen LogP contribution in [0.15, 0.2) is 12.1 Å². The molecule has 0 spiro atoms. The van der Waals surface area contributed by atoms with Crippen LogP contribution in [0.1, 0.15) is 35.9 Å². The minimum absolute atomic E-state index is 0.202. The van der Waals surface area contributed by atoms with E-state index in [1.54, 1.807) is 11.3 Å². The summed E-state index contributed by atoms with van der Waals surface area (Å²) in [6, 6.07) is 3.92. The van der Waals surface area contributed by atoms with Gasteiger partial charge in [0.1, 0.15) is 0 Å². The molecular formula is C11H15F2NS. The summed E-state index contributed by atoms with van der Waals surface area (Å²) in [4.78, 5) is 2.16. The maximum Gasteiger partial charge on any atom is 0.252 e. The molecule has 1 aliphatic rings. The smallest absolute Gasteiger partial charge is 0.252 e. The van der Waals surface area contributed by atoms with Crippen molar-refractivity contribution in [2.24, 2.45) is 5.73 Å². The van der Waals surface area contributed by atoms with E-state index in [2.05, 4.69) is 6.92 Å². The predicted molar refractivity (Wildman–Crippen MR) is 58.4 cm³/mol. The molecule has 0 radical (unpaired) electrons. The van der Waals surface area contributed by atoms with Crippen LogP contribution < -0.4 is 5.73 Å². The summed E-state index contributed by atoms with van der Waals surface area (Å²) in [5.74, 6) is -2.55. The molecule has 2 N–H and O–H groups in total. The van der Waals surface area contributed by atoms with Crippen molar-refractivity contribution in [2.75, 3.05) is 0 Å². The third-order valence-electron chi connectivity index (χ3n) is 2.80. The first-order valence-electron chi connectivity index (χ1n) is 5.21. The Bertz CT molecular complexity index is 351. The van der Waals surface area contributed by atoms with Gasteiger partial charge in [0.15, 0.2) is 0 Å². The molecule has 0 atom stereocenters. The molecule has 4 heteroatoms. The van der Waals surface area contributed by atoms with Crippen molar-refractivity contribution >= 4 is 11.3 Å². The minimum Gasteiger partial charge on any atom is -0.320 e. The molecule has 0 amide bonds. The topological polar surface area (TPSA) is 26.0 Å². The van der Waals surface area contributed by atoms with E-state index in [0.29, 0.717) is 0 Å². The van der Waals surface area contributed by atoms with E-state index in [-0.39, 0.29) is 12.8 Å². The lowest BCUT2D eigenvalue weighted by Gasteiger charge is -2.43. The van der Waals surface area contributed by atoms with Crippen molar-refractivity contribution in [3.8, 4) is 0 Å². The zero-order valence-electron chi connectivity index (χ0n) is 8.72. The van der Waals surface area contributed by atoms with E-state index in [4.69, 9.17) is 5.73 Å². The molecule has 1 heterocycles. The molecule has 0 unspecified atom stereocenters. The van der Waals surface area contributed by atoms with Crippen LogP contribution in [0, 0.1) is 0 Å². The molecular weight excluding hydrogens is 216 g/mol. The number of aryl methyl sites for hydroxylation is 1. The van der Waals surface area contributed by atoms with E-state index in [1.807, 2.05) is 12.1 Å². The summed E-state index contributed by atoms with van der Waals surface area (Å²) < 4.78 is 25.6. The SMILES string of the molecule is CCCc1ccc(C2(N)CC(F)(F)C2)s1. The van der Waals surface area contributed by atoms with Gasteiger partial charge in [-0.15, -0.1) is 11.3 Å². The molecule has 0 bridgehead atoms. The van der Waals surface area contributed by atoms with Crippen LogP contribution >= 0.6 is 11.3 Å². The molecule has 1 saturated carbocycles. The largest absolute Gasteiger partial charge is 0.320 e. The number of hydrogen-bond acceptors (Lipinski definition) is 2. The normalized spacial score (nSPS) is 22.4. The number of alkyl halides is 2. The second kappa shape index (κ2) is 3.52. The summed E-state index contributed by atoms with van der Waals surface area (Å²) in [6.07, 6.45) is 1.68. The minimum atomic E-state index is -2.55. The van der Waals surface area contributed by atoms with Gasteiger partial charge in [-0.3, -0.25) is 0 Å². The van der Waals surface area contributed by atoms with Crippen molar-refractivity contribution in [1.82, 2.24) is 0 Å². The fourth-order valence-electron chi connectivity index (χ4n) is 2.07.